The Hall–Kier alpha value is -1.28. The highest BCUT2D eigenvalue weighted by molar-refractivity contribution is 6.30. The van der Waals surface area contributed by atoms with E-state index in [-0.39, 0.29) is 22.8 Å². The summed E-state index contributed by atoms with van der Waals surface area (Å²) < 4.78 is 0. The van der Waals surface area contributed by atoms with E-state index in [1.807, 2.05) is 0 Å². The molecule has 0 radical (unpaired) electrons. The molecule has 0 saturated carbocycles. The monoisotopic (exact) mass is 275 g/mol. The Morgan fingerprint density at radius 2 is 2.28 bits per heavy atom. The number of halogens is 1. The van der Waals surface area contributed by atoms with Gasteiger partial charge in [-0.05, 0) is 20.0 Å². The summed E-state index contributed by atoms with van der Waals surface area (Å²) >= 11 is 5.75. The lowest BCUT2D eigenvalue weighted by atomic mass is 10.0. The van der Waals surface area contributed by atoms with Crippen LogP contribution in [0.25, 0.3) is 0 Å². The van der Waals surface area contributed by atoms with Crippen molar-refractivity contribution >= 4 is 17.3 Å². The Labute approximate surface area is 109 Å². The molecule has 1 heterocycles. The van der Waals surface area contributed by atoms with Crippen LogP contribution in [0.1, 0.15) is 18.1 Å². The average molecular weight is 276 g/mol. The standard InChI is InChI=1S/C10H14ClN3O4/c1-12-3-2-8(15)9(16)7-4-6(14(17)18)5-13-10(7)11/h4-5,8-9,12,15-16H,2-3H2,1H3. The van der Waals surface area contributed by atoms with Gasteiger partial charge >= 0.3 is 0 Å². The van der Waals surface area contributed by atoms with Gasteiger partial charge in [-0.25, -0.2) is 4.98 Å². The number of nitrogens with one attached hydrogen (secondary N) is 1. The summed E-state index contributed by atoms with van der Waals surface area (Å²) in [4.78, 5) is 13.6. The third-order valence-electron chi connectivity index (χ3n) is 2.44. The van der Waals surface area contributed by atoms with E-state index in [0.29, 0.717) is 6.54 Å². The van der Waals surface area contributed by atoms with Crippen molar-refractivity contribution in [3.63, 3.8) is 0 Å². The van der Waals surface area contributed by atoms with Gasteiger partial charge in [-0.3, -0.25) is 10.1 Å². The number of aliphatic hydroxyl groups is 2. The van der Waals surface area contributed by atoms with E-state index in [4.69, 9.17) is 11.6 Å². The number of aromatic nitrogens is 1. The van der Waals surface area contributed by atoms with E-state index in [9.17, 15) is 20.3 Å². The molecule has 3 N–H and O–H groups in total. The second-order valence-corrected chi connectivity index (χ2v) is 4.09. The summed E-state index contributed by atoms with van der Waals surface area (Å²) in [6.07, 6.45) is -1.09. The largest absolute Gasteiger partial charge is 0.390 e. The molecule has 0 aromatic carbocycles. The lowest BCUT2D eigenvalue weighted by Crippen LogP contribution is -2.23. The van der Waals surface area contributed by atoms with Crippen LogP contribution in [0.5, 0.6) is 0 Å². The Balaban J connectivity index is 2.93. The van der Waals surface area contributed by atoms with Gasteiger partial charge in [-0.2, -0.15) is 0 Å². The number of pyridine rings is 1. The topological polar surface area (TPSA) is 109 Å². The molecule has 0 saturated heterocycles. The fraction of sp³-hybridized carbons (Fsp3) is 0.500. The third-order valence-corrected chi connectivity index (χ3v) is 2.75. The van der Waals surface area contributed by atoms with Crippen LogP contribution >= 0.6 is 11.6 Å². The molecule has 1 aromatic rings. The summed E-state index contributed by atoms with van der Waals surface area (Å²) in [6, 6.07) is 1.11. The molecule has 18 heavy (non-hydrogen) atoms. The fourth-order valence-electron chi connectivity index (χ4n) is 1.42. The molecule has 0 spiro atoms. The van der Waals surface area contributed by atoms with Crippen LogP contribution in [0, 0.1) is 10.1 Å². The quantitative estimate of drug-likeness (QED) is 0.399. The normalized spacial score (nSPS) is 14.2. The van der Waals surface area contributed by atoms with Crippen LogP contribution in [0.2, 0.25) is 5.15 Å². The van der Waals surface area contributed by atoms with Crippen molar-refractivity contribution in [3.05, 3.63) is 33.1 Å². The lowest BCUT2D eigenvalue weighted by Gasteiger charge is -2.18. The molecule has 0 aliphatic heterocycles. The van der Waals surface area contributed by atoms with Crippen molar-refractivity contribution in [2.24, 2.45) is 0 Å². The maximum atomic E-state index is 10.6. The second kappa shape index (κ2) is 6.60. The molecule has 0 fully saturated rings. The zero-order valence-electron chi connectivity index (χ0n) is 9.71. The van der Waals surface area contributed by atoms with E-state index in [0.717, 1.165) is 12.3 Å². The van der Waals surface area contributed by atoms with Gasteiger partial charge in [0.05, 0.1) is 11.0 Å². The van der Waals surface area contributed by atoms with Gasteiger partial charge in [0.1, 0.15) is 17.5 Å². The number of hydrogen-bond donors (Lipinski definition) is 3. The van der Waals surface area contributed by atoms with Gasteiger partial charge in [0.2, 0.25) is 0 Å². The number of rotatable bonds is 6. The van der Waals surface area contributed by atoms with Gasteiger partial charge in [0, 0.05) is 11.6 Å². The molecular formula is C10H14ClN3O4. The molecule has 0 aliphatic carbocycles. The maximum Gasteiger partial charge on any atom is 0.288 e. The Bertz CT molecular complexity index is 430. The molecule has 100 valence electrons. The van der Waals surface area contributed by atoms with Crippen LogP contribution in [-0.4, -0.2) is 39.8 Å². The zero-order chi connectivity index (χ0) is 13.7. The van der Waals surface area contributed by atoms with Gasteiger partial charge in [-0.1, -0.05) is 11.6 Å². The first-order chi connectivity index (χ1) is 8.47. The SMILES string of the molecule is CNCCC(O)C(O)c1cc([N+](=O)[O-])cnc1Cl. The van der Waals surface area contributed by atoms with E-state index in [1.165, 1.54) is 0 Å². The van der Waals surface area contributed by atoms with Crippen molar-refractivity contribution in [1.82, 2.24) is 10.3 Å². The molecule has 0 bridgehead atoms. The summed E-state index contributed by atoms with van der Waals surface area (Å²) in [6.45, 7) is 0.498. The highest BCUT2D eigenvalue weighted by atomic mass is 35.5. The van der Waals surface area contributed by atoms with Gasteiger partial charge < -0.3 is 15.5 Å². The fourth-order valence-corrected chi connectivity index (χ4v) is 1.63. The van der Waals surface area contributed by atoms with Crippen LogP contribution in [-0.2, 0) is 0 Å². The van der Waals surface area contributed by atoms with Crippen molar-refractivity contribution in [1.29, 1.82) is 0 Å². The maximum absolute atomic E-state index is 10.6. The van der Waals surface area contributed by atoms with Crippen molar-refractivity contribution in [2.75, 3.05) is 13.6 Å². The summed E-state index contributed by atoms with van der Waals surface area (Å²) in [5, 5.41) is 32.9. The highest BCUT2D eigenvalue weighted by Gasteiger charge is 2.23. The minimum absolute atomic E-state index is 0.0504. The number of hydrogen-bond acceptors (Lipinski definition) is 6. The molecule has 1 aromatic heterocycles. The number of nitro groups is 1. The van der Waals surface area contributed by atoms with E-state index in [2.05, 4.69) is 10.3 Å². The molecule has 7 nitrogen and oxygen atoms in total. The van der Waals surface area contributed by atoms with Crippen molar-refractivity contribution in [2.45, 2.75) is 18.6 Å². The molecule has 2 atom stereocenters. The van der Waals surface area contributed by atoms with Crippen LogP contribution in [0.3, 0.4) is 0 Å². The predicted molar refractivity (Wildman–Crippen MR) is 65.4 cm³/mol. The second-order valence-electron chi connectivity index (χ2n) is 3.74. The molecular weight excluding hydrogens is 262 g/mol. The molecule has 2 unspecified atom stereocenters. The van der Waals surface area contributed by atoms with Crippen molar-refractivity contribution < 1.29 is 15.1 Å². The van der Waals surface area contributed by atoms with E-state index >= 15 is 0 Å². The van der Waals surface area contributed by atoms with Crippen LogP contribution < -0.4 is 5.32 Å². The van der Waals surface area contributed by atoms with Crippen LogP contribution in [0.4, 0.5) is 5.69 Å². The van der Waals surface area contributed by atoms with Crippen molar-refractivity contribution in [3.8, 4) is 0 Å². The molecule has 0 aliphatic rings. The minimum Gasteiger partial charge on any atom is -0.390 e. The predicted octanol–water partition coefficient (Wildman–Crippen LogP) is 0.647. The summed E-state index contributed by atoms with van der Waals surface area (Å²) in [5.41, 5.74) is -0.233. The number of aliphatic hydroxyl groups excluding tert-OH is 2. The first-order valence-electron chi connectivity index (χ1n) is 5.28. The van der Waals surface area contributed by atoms with E-state index in [1.54, 1.807) is 7.05 Å². The summed E-state index contributed by atoms with van der Waals surface area (Å²) in [7, 11) is 1.71. The molecule has 8 heteroatoms. The minimum atomic E-state index is -1.31. The first kappa shape index (κ1) is 14.8. The Morgan fingerprint density at radius 3 is 2.83 bits per heavy atom. The summed E-state index contributed by atoms with van der Waals surface area (Å²) in [5.74, 6) is 0. The Kier molecular flexibility index (Phi) is 5.42. The average Bonchev–Trinajstić information content (AvgIpc) is 2.35. The first-order valence-corrected chi connectivity index (χ1v) is 5.65. The lowest BCUT2D eigenvalue weighted by molar-refractivity contribution is -0.385. The third kappa shape index (κ3) is 3.61. The van der Waals surface area contributed by atoms with Gasteiger partial charge in [0.25, 0.3) is 5.69 Å². The van der Waals surface area contributed by atoms with Gasteiger partial charge in [0.15, 0.2) is 0 Å². The van der Waals surface area contributed by atoms with Crippen LogP contribution in [0.15, 0.2) is 12.3 Å². The Morgan fingerprint density at radius 1 is 1.61 bits per heavy atom. The van der Waals surface area contributed by atoms with E-state index < -0.39 is 17.1 Å². The molecule has 0 amide bonds. The smallest absolute Gasteiger partial charge is 0.288 e. The highest BCUT2D eigenvalue weighted by Crippen LogP contribution is 2.27. The zero-order valence-corrected chi connectivity index (χ0v) is 10.5. The molecule has 1 rings (SSSR count). The van der Waals surface area contributed by atoms with Gasteiger partial charge in [-0.15, -0.1) is 0 Å². The number of nitrogens with zero attached hydrogens (tertiary/aromatic N) is 2.